The molecule has 1 heterocycles. The van der Waals surface area contributed by atoms with E-state index in [9.17, 15) is 57.2 Å². The molecule has 1 unspecified atom stereocenters. The first-order valence-corrected chi connectivity index (χ1v) is 21.8. The van der Waals surface area contributed by atoms with Crippen LogP contribution in [0.2, 0.25) is 0 Å². The summed E-state index contributed by atoms with van der Waals surface area (Å²) in [6.45, 7) is 1.77. The molecule has 1 atom stereocenters. The molecule has 292 valence electrons. The lowest BCUT2D eigenvalue weighted by Crippen LogP contribution is -2.13. The number of nitrogens with one attached hydrogen (secondary N) is 1. The third-order valence-electron chi connectivity index (χ3n) is 8.53. The summed E-state index contributed by atoms with van der Waals surface area (Å²) < 4.78 is 133. The standard InChI is InChI=1S/C33H28N6O13S4/c1-19(39-17-34-35-18-39)11-12-53(42,43)23-8-9-25-21(13-23)7-10-26(32(25)56(50,51)52)37-38-30-28(55(47,48)49)15-22-14-24(54(44,45)46)16-27(29(22)31(30)40)36-33(41)20-5-3-2-4-6-20/h2-10,13-19,40H,11-12H2,1H3,(H,36,41)(H,44,45,46)(H,47,48,49)(H,50,51,52). The smallest absolute Gasteiger partial charge is 0.297 e. The van der Waals surface area contributed by atoms with Crippen molar-refractivity contribution in [2.24, 2.45) is 10.2 Å². The van der Waals surface area contributed by atoms with Crippen LogP contribution in [-0.4, -0.2) is 78.9 Å². The Morgan fingerprint density at radius 2 is 1.43 bits per heavy atom. The van der Waals surface area contributed by atoms with Crippen LogP contribution < -0.4 is 5.32 Å². The van der Waals surface area contributed by atoms with Crippen LogP contribution in [0.5, 0.6) is 5.75 Å². The Morgan fingerprint density at radius 1 is 0.768 bits per heavy atom. The average molecular weight is 845 g/mol. The molecule has 6 rings (SSSR count). The van der Waals surface area contributed by atoms with Gasteiger partial charge >= 0.3 is 0 Å². The summed E-state index contributed by atoms with van der Waals surface area (Å²) in [6, 6.07) is 15.0. The minimum Gasteiger partial charge on any atom is -0.505 e. The zero-order valence-electron chi connectivity index (χ0n) is 28.5. The van der Waals surface area contributed by atoms with Crippen LogP contribution in [0.15, 0.2) is 121 Å². The number of anilines is 1. The number of hydrogen-bond acceptors (Lipinski definition) is 14. The molecule has 6 aromatic rings. The molecule has 1 aromatic heterocycles. The molecule has 0 aliphatic rings. The van der Waals surface area contributed by atoms with Gasteiger partial charge < -0.3 is 15.0 Å². The van der Waals surface area contributed by atoms with Crippen LogP contribution in [0.4, 0.5) is 17.1 Å². The Kier molecular flexibility index (Phi) is 10.5. The molecule has 23 heteroatoms. The molecular formula is C33H28N6O13S4. The number of phenolic OH excluding ortho intramolecular Hbond substituents is 1. The molecule has 0 fully saturated rings. The van der Waals surface area contributed by atoms with Gasteiger partial charge in [0.25, 0.3) is 36.3 Å². The lowest BCUT2D eigenvalue weighted by Gasteiger charge is -2.15. The second-order valence-electron chi connectivity index (χ2n) is 12.2. The van der Waals surface area contributed by atoms with Gasteiger partial charge in [-0.15, -0.1) is 20.4 Å². The van der Waals surface area contributed by atoms with E-state index in [2.05, 4.69) is 25.7 Å². The molecule has 19 nitrogen and oxygen atoms in total. The minimum absolute atomic E-state index is 0.0325. The number of fused-ring (bicyclic) bond motifs is 2. The fourth-order valence-corrected chi connectivity index (χ4v) is 9.23. The third-order valence-corrected chi connectivity index (χ3v) is 12.9. The largest absolute Gasteiger partial charge is 0.505 e. The van der Waals surface area contributed by atoms with Crippen molar-refractivity contribution < 1.29 is 57.2 Å². The van der Waals surface area contributed by atoms with E-state index >= 15 is 0 Å². The van der Waals surface area contributed by atoms with Crippen molar-refractivity contribution in [3.8, 4) is 5.75 Å². The van der Waals surface area contributed by atoms with Crippen molar-refractivity contribution in [2.75, 3.05) is 11.1 Å². The number of aromatic nitrogens is 3. The van der Waals surface area contributed by atoms with Crippen molar-refractivity contribution in [3.05, 3.63) is 97.1 Å². The van der Waals surface area contributed by atoms with E-state index in [1.54, 1.807) is 17.6 Å². The van der Waals surface area contributed by atoms with Crippen LogP contribution in [0.25, 0.3) is 21.5 Å². The van der Waals surface area contributed by atoms with Gasteiger partial charge in [-0.1, -0.05) is 30.3 Å². The number of nitrogens with zero attached hydrogens (tertiary/aromatic N) is 5. The van der Waals surface area contributed by atoms with Gasteiger partial charge in [0.2, 0.25) is 0 Å². The Bertz CT molecular complexity index is 3030. The number of amides is 1. The summed E-state index contributed by atoms with van der Waals surface area (Å²) in [6.07, 6.45) is 3.07. The van der Waals surface area contributed by atoms with E-state index in [4.69, 9.17) is 0 Å². The van der Waals surface area contributed by atoms with E-state index in [0.29, 0.717) is 6.07 Å². The number of carbonyl (C=O) groups is 1. The summed E-state index contributed by atoms with van der Waals surface area (Å²) in [7, 11) is -19.4. The van der Waals surface area contributed by atoms with Crippen molar-refractivity contribution >= 4 is 84.7 Å². The molecule has 0 spiro atoms. The molecule has 0 radical (unpaired) electrons. The predicted molar refractivity (Wildman–Crippen MR) is 199 cm³/mol. The van der Waals surface area contributed by atoms with E-state index in [1.165, 1.54) is 49.1 Å². The number of hydrogen-bond donors (Lipinski definition) is 5. The Labute approximate surface area is 318 Å². The van der Waals surface area contributed by atoms with Crippen molar-refractivity contribution in [2.45, 2.75) is 39.0 Å². The summed E-state index contributed by atoms with van der Waals surface area (Å²) in [5.41, 5.74) is -2.04. The number of carbonyl (C=O) groups excluding carboxylic acids is 1. The molecule has 0 saturated heterocycles. The molecule has 5 aromatic carbocycles. The normalized spacial score (nSPS) is 13.4. The van der Waals surface area contributed by atoms with Gasteiger partial charge in [-0.3, -0.25) is 18.5 Å². The average Bonchev–Trinajstić information content (AvgIpc) is 3.67. The maximum Gasteiger partial charge on any atom is 0.297 e. The zero-order valence-corrected chi connectivity index (χ0v) is 31.7. The monoisotopic (exact) mass is 844 g/mol. The number of aromatic hydroxyl groups is 1. The van der Waals surface area contributed by atoms with Gasteiger partial charge in [0.15, 0.2) is 15.6 Å². The van der Waals surface area contributed by atoms with Crippen molar-refractivity contribution in [1.29, 1.82) is 0 Å². The van der Waals surface area contributed by atoms with Gasteiger partial charge in [-0.2, -0.15) is 25.3 Å². The SMILES string of the molecule is CC(CCS(=O)(=O)c1ccc2c(S(=O)(=O)O)c(N=Nc3c(S(=O)(=O)O)cc4cc(S(=O)(=O)O)cc(NC(=O)c5ccccc5)c4c3O)ccc2c1)n1cnnc1. The highest BCUT2D eigenvalue weighted by Crippen LogP contribution is 2.46. The Morgan fingerprint density at radius 3 is 2.05 bits per heavy atom. The maximum absolute atomic E-state index is 13.2. The highest BCUT2D eigenvalue weighted by molar-refractivity contribution is 7.91. The fourth-order valence-electron chi connectivity index (χ4n) is 5.73. The second-order valence-corrected chi connectivity index (χ2v) is 18.5. The molecule has 1 amide bonds. The van der Waals surface area contributed by atoms with Crippen LogP contribution in [0.1, 0.15) is 29.7 Å². The minimum atomic E-state index is -5.34. The van der Waals surface area contributed by atoms with Gasteiger partial charge in [-0.05, 0) is 72.6 Å². The van der Waals surface area contributed by atoms with Crippen molar-refractivity contribution in [1.82, 2.24) is 14.8 Å². The van der Waals surface area contributed by atoms with Gasteiger partial charge in [-0.25, -0.2) is 8.42 Å². The summed E-state index contributed by atoms with van der Waals surface area (Å²) in [5, 5.41) is 27.6. The van der Waals surface area contributed by atoms with Gasteiger partial charge in [0.05, 0.1) is 21.2 Å². The third kappa shape index (κ3) is 8.28. The Hall–Kier alpha value is -5.69. The topological polar surface area (TPSA) is 302 Å². The van der Waals surface area contributed by atoms with Crippen LogP contribution in [-0.2, 0) is 40.2 Å². The molecule has 0 saturated carbocycles. The number of azo groups is 1. The lowest BCUT2D eigenvalue weighted by atomic mass is 10.1. The molecule has 0 bridgehead atoms. The highest BCUT2D eigenvalue weighted by Gasteiger charge is 2.27. The summed E-state index contributed by atoms with van der Waals surface area (Å²) in [5.74, 6) is -2.23. The maximum atomic E-state index is 13.2. The number of sulfone groups is 1. The van der Waals surface area contributed by atoms with E-state index < -0.39 is 94.4 Å². The number of rotatable bonds is 12. The molecule has 56 heavy (non-hydrogen) atoms. The van der Waals surface area contributed by atoms with E-state index in [0.717, 1.165) is 30.3 Å². The predicted octanol–water partition coefficient (Wildman–Crippen LogP) is 5.12. The van der Waals surface area contributed by atoms with E-state index in [-0.39, 0.29) is 39.4 Å². The number of benzene rings is 5. The first-order chi connectivity index (χ1) is 26.1. The Balaban J connectivity index is 1.47. The fraction of sp³-hybridized carbons (Fsp3) is 0.121. The zero-order chi connectivity index (χ0) is 40.8. The van der Waals surface area contributed by atoms with Gasteiger partial charge in [0.1, 0.15) is 33.8 Å². The number of phenols is 1. The molecular weight excluding hydrogens is 817 g/mol. The summed E-state index contributed by atoms with van der Waals surface area (Å²) in [4.78, 5) is 10.0. The molecule has 0 aliphatic carbocycles. The second kappa shape index (κ2) is 14.8. The summed E-state index contributed by atoms with van der Waals surface area (Å²) >= 11 is 0. The van der Waals surface area contributed by atoms with Crippen LogP contribution >= 0.6 is 0 Å². The van der Waals surface area contributed by atoms with E-state index in [1.807, 2.05) is 0 Å². The molecule has 5 N–H and O–H groups in total. The first kappa shape index (κ1) is 40.0. The lowest BCUT2D eigenvalue weighted by molar-refractivity contribution is 0.102. The van der Waals surface area contributed by atoms with Crippen LogP contribution in [0, 0.1) is 0 Å². The van der Waals surface area contributed by atoms with Crippen LogP contribution in [0.3, 0.4) is 0 Å². The molecule has 0 aliphatic heterocycles. The quantitative estimate of drug-likeness (QED) is 0.0788. The highest BCUT2D eigenvalue weighted by atomic mass is 32.2. The first-order valence-electron chi connectivity index (χ1n) is 15.8. The van der Waals surface area contributed by atoms with Crippen molar-refractivity contribution in [3.63, 3.8) is 0 Å². The van der Waals surface area contributed by atoms with Gasteiger partial charge in [0, 0.05) is 22.4 Å².